The van der Waals surface area contributed by atoms with E-state index in [0.29, 0.717) is 6.54 Å². The van der Waals surface area contributed by atoms with E-state index in [1.54, 1.807) is 0 Å². The van der Waals surface area contributed by atoms with Gasteiger partial charge in [0.05, 0.1) is 0 Å². The Bertz CT molecular complexity index is 608. The second-order valence-corrected chi connectivity index (χ2v) is 6.65. The molecule has 1 aliphatic carbocycles. The number of rotatable bonds is 6. The van der Waals surface area contributed by atoms with Gasteiger partial charge in [0.2, 0.25) is 11.8 Å². The van der Waals surface area contributed by atoms with Crippen LogP contribution in [-0.4, -0.2) is 40.2 Å². The molecule has 1 saturated carbocycles. The average Bonchev–Trinajstić information content (AvgIpc) is 3.08. The van der Waals surface area contributed by atoms with Crippen LogP contribution >= 0.6 is 0 Å². The Morgan fingerprint density at radius 3 is 2.33 bits per heavy atom. The molecule has 2 fully saturated rings. The number of nitrogens with zero attached hydrogens (tertiary/aromatic N) is 2. The third kappa shape index (κ3) is 3.66. The highest BCUT2D eigenvalue weighted by atomic mass is 16.2. The zero-order valence-electron chi connectivity index (χ0n) is 13.9. The molecule has 0 aromatic heterocycles. The summed E-state index contributed by atoms with van der Waals surface area (Å²) in [6.45, 7) is 0.404. The highest BCUT2D eigenvalue weighted by Gasteiger charge is 2.41. The number of carbonyl (C=O) groups is 3. The summed E-state index contributed by atoms with van der Waals surface area (Å²) in [6, 6.07) is 9.77. The van der Waals surface area contributed by atoms with Crippen LogP contribution in [0.4, 0.5) is 4.79 Å². The molecular weight excluding hydrogens is 304 g/mol. The third-order valence-corrected chi connectivity index (χ3v) is 4.94. The number of amides is 4. The van der Waals surface area contributed by atoms with Crippen LogP contribution in [0.15, 0.2) is 30.3 Å². The third-order valence-electron chi connectivity index (χ3n) is 4.94. The molecule has 128 valence electrons. The van der Waals surface area contributed by atoms with Crippen molar-refractivity contribution >= 4 is 17.8 Å². The second-order valence-electron chi connectivity index (χ2n) is 6.65. The van der Waals surface area contributed by atoms with Crippen molar-refractivity contribution in [3.05, 3.63) is 35.9 Å². The molecule has 0 bridgehead atoms. The SMILES string of the molecule is O=C1CC(=O)N(C2CCCC2)C(=O)N1CCCCc1ccccc1. The van der Waals surface area contributed by atoms with E-state index < -0.39 is 6.03 Å². The highest BCUT2D eigenvalue weighted by Crippen LogP contribution is 2.27. The van der Waals surface area contributed by atoms with E-state index in [1.165, 1.54) is 15.4 Å². The second kappa shape index (κ2) is 7.60. The first-order valence-corrected chi connectivity index (χ1v) is 8.87. The number of hydrogen-bond donors (Lipinski definition) is 0. The lowest BCUT2D eigenvalue weighted by Crippen LogP contribution is -2.57. The zero-order chi connectivity index (χ0) is 16.9. The first-order chi connectivity index (χ1) is 11.7. The van der Waals surface area contributed by atoms with E-state index in [0.717, 1.165) is 44.9 Å². The van der Waals surface area contributed by atoms with Crippen molar-refractivity contribution in [3.8, 4) is 0 Å². The van der Waals surface area contributed by atoms with Gasteiger partial charge in [0.25, 0.3) is 0 Å². The van der Waals surface area contributed by atoms with Crippen LogP contribution < -0.4 is 0 Å². The number of unbranched alkanes of at least 4 members (excludes halogenated alkanes) is 1. The molecule has 24 heavy (non-hydrogen) atoms. The summed E-state index contributed by atoms with van der Waals surface area (Å²) in [5.74, 6) is -0.670. The molecule has 0 radical (unpaired) electrons. The lowest BCUT2D eigenvalue weighted by atomic mass is 10.1. The van der Waals surface area contributed by atoms with Gasteiger partial charge in [-0.25, -0.2) is 4.79 Å². The summed E-state index contributed by atoms with van der Waals surface area (Å²) in [5.41, 5.74) is 1.26. The van der Waals surface area contributed by atoms with E-state index in [2.05, 4.69) is 12.1 Å². The molecule has 0 atom stereocenters. The Kier molecular flexibility index (Phi) is 5.28. The van der Waals surface area contributed by atoms with Crippen molar-refractivity contribution in [2.75, 3.05) is 6.54 Å². The van der Waals surface area contributed by atoms with Gasteiger partial charge in [0.1, 0.15) is 6.42 Å². The maximum Gasteiger partial charge on any atom is 0.333 e. The Morgan fingerprint density at radius 2 is 1.62 bits per heavy atom. The first kappa shape index (κ1) is 16.7. The van der Waals surface area contributed by atoms with Gasteiger partial charge in [-0.15, -0.1) is 0 Å². The molecular formula is C19H24N2O3. The van der Waals surface area contributed by atoms with Crippen LogP contribution in [0.2, 0.25) is 0 Å². The molecule has 1 saturated heterocycles. The molecule has 0 N–H and O–H groups in total. The highest BCUT2D eigenvalue weighted by molar-refractivity contribution is 6.14. The van der Waals surface area contributed by atoms with Crippen molar-refractivity contribution in [1.29, 1.82) is 0 Å². The fourth-order valence-corrected chi connectivity index (χ4v) is 3.64. The summed E-state index contributed by atoms with van der Waals surface area (Å²) in [5, 5.41) is 0. The van der Waals surface area contributed by atoms with Crippen LogP contribution in [0, 0.1) is 0 Å². The maximum atomic E-state index is 12.6. The van der Waals surface area contributed by atoms with Crippen LogP contribution in [0.3, 0.4) is 0 Å². The van der Waals surface area contributed by atoms with Gasteiger partial charge in [0, 0.05) is 12.6 Å². The van der Waals surface area contributed by atoms with Crippen LogP contribution in [0.5, 0.6) is 0 Å². The molecule has 1 aromatic carbocycles. The van der Waals surface area contributed by atoms with E-state index in [9.17, 15) is 14.4 Å². The normalized spacial score (nSPS) is 19.4. The van der Waals surface area contributed by atoms with Gasteiger partial charge in [-0.1, -0.05) is 43.2 Å². The predicted octanol–water partition coefficient (Wildman–Crippen LogP) is 3.13. The van der Waals surface area contributed by atoms with Gasteiger partial charge in [-0.05, 0) is 37.7 Å². The summed E-state index contributed by atoms with van der Waals surface area (Å²) in [6.07, 6.45) is 6.28. The van der Waals surface area contributed by atoms with Gasteiger partial charge >= 0.3 is 6.03 Å². The van der Waals surface area contributed by atoms with Gasteiger partial charge < -0.3 is 0 Å². The van der Waals surface area contributed by atoms with Crippen LogP contribution in [0.25, 0.3) is 0 Å². The molecule has 2 aliphatic rings. The maximum absolute atomic E-state index is 12.6. The van der Waals surface area contributed by atoms with Crippen molar-refractivity contribution in [2.45, 2.75) is 57.4 Å². The van der Waals surface area contributed by atoms with E-state index in [4.69, 9.17) is 0 Å². The minimum absolute atomic E-state index is 0.00933. The topological polar surface area (TPSA) is 57.7 Å². The molecule has 5 heteroatoms. The fraction of sp³-hybridized carbons (Fsp3) is 0.526. The van der Waals surface area contributed by atoms with E-state index in [1.807, 2.05) is 18.2 Å². The average molecular weight is 328 g/mol. The Labute approximate surface area is 142 Å². The number of carbonyl (C=O) groups excluding carboxylic acids is 3. The number of aryl methyl sites for hydroxylation is 1. The fourth-order valence-electron chi connectivity index (χ4n) is 3.64. The summed E-state index contributed by atoms with van der Waals surface area (Å²) in [7, 11) is 0. The first-order valence-electron chi connectivity index (χ1n) is 8.87. The van der Waals surface area contributed by atoms with Crippen molar-refractivity contribution < 1.29 is 14.4 Å². The molecule has 4 amide bonds. The molecule has 1 aliphatic heterocycles. The molecule has 3 rings (SSSR count). The smallest absolute Gasteiger partial charge is 0.274 e. The van der Waals surface area contributed by atoms with Gasteiger partial charge in [0.15, 0.2) is 0 Å². The van der Waals surface area contributed by atoms with Gasteiger partial charge in [-0.2, -0.15) is 0 Å². The minimum Gasteiger partial charge on any atom is -0.274 e. The lowest BCUT2D eigenvalue weighted by Gasteiger charge is -2.36. The number of benzene rings is 1. The van der Waals surface area contributed by atoms with Crippen molar-refractivity contribution in [1.82, 2.24) is 9.80 Å². The molecule has 5 nitrogen and oxygen atoms in total. The number of barbiturate groups is 1. The number of urea groups is 1. The van der Waals surface area contributed by atoms with E-state index in [-0.39, 0.29) is 24.3 Å². The molecule has 0 unspecified atom stereocenters. The lowest BCUT2D eigenvalue weighted by molar-refractivity contribution is -0.143. The molecule has 1 aromatic rings. The monoisotopic (exact) mass is 328 g/mol. The Hall–Kier alpha value is -2.17. The predicted molar refractivity (Wildman–Crippen MR) is 90.2 cm³/mol. The van der Waals surface area contributed by atoms with Crippen LogP contribution in [-0.2, 0) is 16.0 Å². The van der Waals surface area contributed by atoms with E-state index >= 15 is 0 Å². The summed E-state index contributed by atoms with van der Waals surface area (Å²) >= 11 is 0. The van der Waals surface area contributed by atoms with Gasteiger partial charge in [-0.3, -0.25) is 19.4 Å². The summed E-state index contributed by atoms with van der Waals surface area (Å²) in [4.78, 5) is 39.5. The Morgan fingerprint density at radius 1 is 0.917 bits per heavy atom. The van der Waals surface area contributed by atoms with Crippen molar-refractivity contribution in [3.63, 3.8) is 0 Å². The van der Waals surface area contributed by atoms with Crippen molar-refractivity contribution in [2.24, 2.45) is 0 Å². The zero-order valence-corrected chi connectivity index (χ0v) is 13.9. The largest absolute Gasteiger partial charge is 0.333 e. The number of hydrogen-bond acceptors (Lipinski definition) is 3. The number of imide groups is 2. The standard InChI is InChI=1S/C19H24N2O3/c22-17-14-18(23)21(16-11-4-5-12-16)19(24)20(17)13-7-6-10-15-8-2-1-3-9-15/h1-3,8-9,16H,4-7,10-14H2. The molecule has 0 spiro atoms. The quantitative estimate of drug-likeness (QED) is 0.595. The summed E-state index contributed by atoms with van der Waals surface area (Å²) < 4.78 is 0. The minimum atomic E-state index is -0.400. The molecule has 1 heterocycles. The van der Waals surface area contributed by atoms with Crippen LogP contribution in [0.1, 0.15) is 50.5 Å². The Balaban J connectivity index is 1.54.